The normalized spacial score (nSPS) is 11.1. The molecular formula is C12H23IN4OS. The Morgan fingerprint density at radius 3 is 2.63 bits per heavy atom. The summed E-state index contributed by atoms with van der Waals surface area (Å²) in [5.74, 6) is 3.38. The molecule has 1 rings (SSSR count). The molecule has 19 heavy (non-hydrogen) atoms. The third-order valence-electron chi connectivity index (χ3n) is 2.39. The average Bonchev–Trinajstić information content (AvgIpc) is 2.66. The van der Waals surface area contributed by atoms with Crippen molar-refractivity contribution in [1.82, 2.24) is 15.6 Å². The van der Waals surface area contributed by atoms with Crippen molar-refractivity contribution >= 4 is 41.7 Å². The van der Waals surface area contributed by atoms with E-state index in [2.05, 4.69) is 26.9 Å². The van der Waals surface area contributed by atoms with Gasteiger partial charge in [0.25, 0.3) is 0 Å². The minimum Gasteiger partial charge on any atom is -0.444 e. The first-order chi connectivity index (χ1) is 8.67. The van der Waals surface area contributed by atoms with Gasteiger partial charge in [-0.2, -0.15) is 11.8 Å². The zero-order valence-corrected chi connectivity index (χ0v) is 15.1. The molecule has 0 saturated carbocycles. The van der Waals surface area contributed by atoms with Crippen LogP contribution >= 0.6 is 35.7 Å². The van der Waals surface area contributed by atoms with Crippen molar-refractivity contribution in [2.75, 3.05) is 25.1 Å². The fourth-order valence-corrected chi connectivity index (χ4v) is 1.67. The van der Waals surface area contributed by atoms with Crippen LogP contribution in [0, 0.1) is 13.8 Å². The van der Waals surface area contributed by atoms with Crippen molar-refractivity contribution < 1.29 is 4.42 Å². The number of hydrogen-bond acceptors (Lipinski definition) is 4. The summed E-state index contributed by atoms with van der Waals surface area (Å²) in [6.07, 6.45) is 2.09. The zero-order valence-electron chi connectivity index (χ0n) is 11.9. The number of aryl methyl sites for hydroxylation is 2. The Labute approximate surface area is 136 Å². The van der Waals surface area contributed by atoms with Gasteiger partial charge in [-0.05, 0) is 27.0 Å². The molecule has 7 heteroatoms. The molecule has 0 bridgehead atoms. The van der Waals surface area contributed by atoms with Gasteiger partial charge in [0.05, 0.1) is 5.69 Å². The fourth-order valence-electron chi connectivity index (χ4n) is 1.37. The maximum absolute atomic E-state index is 5.49. The summed E-state index contributed by atoms with van der Waals surface area (Å²) in [6.45, 7) is 8.10. The van der Waals surface area contributed by atoms with E-state index in [1.807, 2.05) is 20.8 Å². The SMILES string of the molecule is CCNC(=NCc1nc(C)c(C)o1)NCCSC.I. The number of aromatic nitrogens is 1. The molecule has 0 radical (unpaired) electrons. The first-order valence-electron chi connectivity index (χ1n) is 6.11. The summed E-state index contributed by atoms with van der Waals surface area (Å²) >= 11 is 1.81. The summed E-state index contributed by atoms with van der Waals surface area (Å²) in [6, 6.07) is 0. The van der Waals surface area contributed by atoms with E-state index in [9.17, 15) is 0 Å². The number of nitrogens with zero attached hydrogens (tertiary/aromatic N) is 2. The largest absolute Gasteiger partial charge is 0.444 e. The van der Waals surface area contributed by atoms with Crippen LogP contribution in [0.15, 0.2) is 9.41 Å². The molecule has 0 amide bonds. The average molecular weight is 398 g/mol. The van der Waals surface area contributed by atoms with E-state index in [4.69, 9.17) is 4.42 Å². The van der Waals surface area contributed by atoms with Crippen molar-refractivity contribution in [3.05, 3.63) is 17.3 Å². The highest BCUT2D eigenvalue weighted by atomic mass is 127. The van der Waals surface area contributed by atoms with E-state index < -0.39 is 0 Å². The Bertz CT molecular complexity index is 376. The second-order valence-electron chi connectivity index (χ2n) is 3.86. The lowest BCUT2D eigenvalue weighted by atomic mass is 10.4. The first-order valence-corrected chi connectivity index (χ1v) is 7.50. The molecule has 1 heterocycles. The highest BCUT2D eigenvalue weighted by Crippen LogP contribution is 2.08. The minimum atomic E-state index is 0. The number of aliphatic imine (C=N–C) groups is 1. The summed E-state index contributed by atoms with van der Waals surface area (Å²) in [5.41, 5.74) is 0.931. The summed E-state index contributed by atoms with van der Waals surface area (Å²) in [5, 5.41) is 6.46. The molecule has 0 aromatic carbocycles. The third kappa shape index (κ3) is 7.05. The Morgan fingerprint density at radius 2 is 2.11 bits per heavy atom. The number of guanidine groups is 1. The van der Waals surface area contributed by atoms with E-state index in [0.717, 1.165) is 36.3 Å². The molecule has 0 aliphatic heterocycles. The number of halogens is 1. The molecule has 0 saturated heterocycles. The van der Waals surface area contributed by atoms with Crippen LogP contribution in [0.1, 0.15) is 24.3 Å². The van der Waals surface area contributed by atoms with E-state index >= 15 is 0 Å². The van der Waals surface area contributed by atoms with Crippen molar-refractivity contribution in [3.8, 4) is 0 Å². The number of thioether (sulfide) groups is 1. The molecule has 1 aromatic heterocycles. The topological polar surface area (TPSA) is 62.5 Å². The van der Waals surface area contributed by atoms with Crippen molar-refractivity contribution in [2.24, 2.45) is 4.99 Å². The maximum atomic E-state index is 5.49. The molecule has 0 aliphatic rings. The Morgan fingerprint density at radius 1 is 1.37 bits per heavy atom. The quantitative estimate of drug-likeness (QED) is 0.333. The number of nitrogens with one attached hydrogen (secondary N) is 2. The van der Waals surface area contributed by atoms with Gasteiger partial charge < -0.3 is 15.1 Å². The molecule has 1 aromatic rings. The lowest BCUT2D eigenvalue weighted by Gasteiger charge is -2.09. The minimum absolute atomic E-state index is 0. The van der Waals surface area contributed by atoms with Crippen LogP contribution in [0.5, 0.6) is 0 Å². The second-order valence-corrected chi connectivity index (χ2v) is 4.85. The van der Waals surface area contributed by atoms with Gasteiger partial charge in [-0.15, -0.1) is 24.0 Å². The zero-order chi connectivity index (χ0) is 13.4. The molecule has 0 atom stereocenters. The van der Waals surface area contributed by atoms with Crippen LogP contribution in [-0.2, 0) is 6.54 Å². The van der Waals surface area contributed by atoms with Crippen molar-refractivity contribution in [2.45, 2.75) is 27.3 Å². The van der Waals surface area contributed by atoms with Gasteiger partial charge in [0.1, 0.15) is 12.3 Å². The van der Waals surface area contributed by atoms with E-state index in [1.54, 1.807) is 11.8 Å². The number of rotatable bonds is 6. The summed E-state index contributed by atoms with van der Waals surface area (Å²) < 4.78 is 5.49. The van der Waals surface area contributed by atoms with Crippen molar-refractivity contribution in [3.63, 3.8) is 0 Å². The highest BCUT2D eigenvalue weighted by Gasteiger charge is 2.05. The van der Waals surface area contributed by atoms with Crippen LogP contribution in [0.2, 0.25) is 0 Å². The van der Waals surface area contributed by atoms with Gasteiger partial charge in [-0.3, -0.25) is 0 Å². The molecule has 0 spiro atoms. The predicted octanol–water partition coefficient (Wildman–Crippen LogP) is 2.33. The second kappa shape index (κ2) is 10.4. The number of hydrogen-bond donors (Lipinski definition) is 2. The molecular weight excluding hydrogens is 375 g/mol. The Balaban J connectivity index is 0.00000324. The molecule has 0 unspecified atom stereocenters. The summed E-state index contributed by atoms with van der Waals surface area (Å²) in [4.78, 5) is 8.74. The van der Waals surface area contributed by atoms with Crippen LogP contribution in [0.3, 0.4) is 0 Å². The standard InChI is InChI=1S/C12H22N4OS.HI/c1-5-13-12(14-6-7-18-4)15-8-11-16-9(2)10(3)17-11;/h5-8H2,1-4H3,(H2,13,14,15);1H. The molecule has 2 N–H and O–H groups in total. The Kier molecular flexibility index (Phi) is 10.1. The monoisotopic (exact) mass is 398 g/mol. The van der Waals surface area contributed by atoms with Crippen LogP contribution in [-0.4, -0.2) is 36.0 Å². The van der Waals surface area contributed by atoms with Gasteiger partial charge in [-0.1, -0.05) is 0 Å². The van der Waals surface area contributed by atoms with Crippen LogP contribution in [0.25, 0.3) is 0 Å². The third-order valence-corrected chi connectivity index (χ3v) is 3.00. The lowest BCUT2D eigenvalue weighted by molar-refractivity contribution is 0.473. The molecule has 110 valence electrons. The van der Waals surface area contributed by atoms with Gasteiger partial charge in [0.15, 0.2) is 5.96 Å². The summed E-state index contributed by atoms with van der Waals surface area (Å²) in [7, 11) is 0. The van der Waals surface area contributed by atoms with E-state index in [1.165, 1.54) is 0 Å². The molecule has 5 nitrogen and oxygen atoms in total. The van der Waals surface area contributed by atoms with Crippen LogP contribution in [0.4, 0.5) is 0 Å². The van der Waals surface area contributed by atoms with Crippen molar-refractivity contribution in [1.29, 1.82) is 0 Å². The molecule has 0 aliphatic carbocycles. The maximum Gasteiger partial charge on any atom is 0.216 e. The van der Waals surface area contributed by atoms with Gasteiger partial charge in [-0.25, -0.2) is 9.98 Å². The number of oxazole rings is 1. The lowest BCUT2D eigenvalue weighted by Crippen LogP contribution is -2.38. The van der Waals surface area contributed by atoms with Gasteiger partial charge >= 0.3 is 0 Å². The van der Waals surface area contributed by atoms with E-state index in [-0.39, 0.29) is 24.0 Å². The smallest absolute Gasteiger partial charge is 0.216 e. The Hall–Kier alpha value is -0.440. The van der Waals surface area contributed by atoms with Gasteiger partial charge in [0.2, 0.25) is 5.89 Å². The fraction of sp³-hybridized carbons (Fsp3) is 0.667. The van der Waals surface area contributed by atoms with Crippen LogP contribution < -0.4 is 10.6 Å². The van der Waals surface area contributed by atoms with Gasteiger partial charge in [0, 0.05) is 18.8 Å². The predicted molar refractivity (Wildman–Crippen MR) is 92.6 cm³/mol. The highest BCUT2D eigenvalue weighted by molar-refractivity contribution is 14.0. The first kappa shape index (κ1) is 18.6. The molecule has 0 fully saturated rings. The van der Waals surface area contributed by atoms with E-state index in [0.29, 0.717) is 12.4 Å².